The van der Waals surface area contributed by atoms with Crippen molar-refractivity contribution in [2.45, 2.75) is 39.3 Å². The molecule has 1 aliphatic heterocycles. The number of nitrogens with two attached hydrogens (primary N) is 1. The third kappa shape index (κ3) is 3.07. The zero-order chi connectivity index (χ0) is 13.8. The number of aromatic nitrogens is 2. The molecule has 0 aliphatic carbocycles. The highest BCUT2D eigenvalue weighted by molar-refractivity contribution is 5.97. The number of nitrogen functional groups attached to an aromatic ring is 1. The number of likely N-dealkylation sites (tertiary alicyclic amines) is 1. The average molecular weight is 265 g/mol. The van der Waals surface area contributed by atoms with Crippen LogP contribution < -0.4 is 11.1 Å². The maximum absolute atomic E-state index is 12.2. The summed E-state index contributed by atoms with van der Waals surface area (Å²) in [6, 6.07) is 0.366. The number of hydrogen-bond donors (Lipinski definition) is 2. The minimum Gasteiger partial charge on any atom is -0.396 e. The lowest BCUT2D eigenvalue weighted by Crippen LogP contribution is -2.41. The Hall–Kier alpha value is -1.56. The summed E-state index contributed by atoms with van der Waals surface area (Å²) >= 11 is 0. The number of amides is 1. The van der Waals surface area contributed by atoms with Gasteiger partial charge in [0.05, 0.1) is 11.9 Å². The molecule has 0 radical (unpaired) electrons. The van der Waals surface area contributed by atoms with Gasteiger partial charge in [-0.05, 0) is 39.8 Å². The van der Waals surface area contributed by atoms with E-state index in [1.54, 1.807) is 4.68 Å². The first kappa shape index (κ1) is 13.9. The van der Waals surface area contributed by atoms with Crippen molar-refractivity contribution in [3.63, 3.8) is 0 Å². The molecule has 6 heteroatoms. The van der Waals surface area contributed by atoms with Crippen LogP contribution in [0.4, 0.5) is 5.69 Å². The fourth-order valence-corrected chi connectivity index (χ4v) is 2.52. The first-order valence-corrected chi connectivity index (χ1v) is 6.97. The summed E-state index contributed by atoms with van der Waals surface area (Å²) in [6.07, 6.45) is 4.05. The molecule has 1 saturated heterocycles. The molecule has 1 aromatic heterocycles. The van der Waals surface area contributed by atoms with Crippen LogP contribution in [-0.2, 0) is 6.54 Å². The van der Waals surface area contributed by atoms with Gasteiger partial charge in [0.15, 0.2) is 0 Å². The number of anilines is 1. The molecule has 0 saturated carbocycles. The van der Waals surface area contributed by atoms with Crippen LogP contribution in [0, 0.1) is 0 Å². The zero-order valence-corrected chi connectivity index (χ0v) is 11.7. The van der Waals surface area contributed by atoms with Crippen LogP contribution in [0.25, 0.3) is 0 Å². The topological polar surface area (TPSA) is 76.2 Å². The summed E-state index contributed by atoms with van der Waals surface area (Å²) in [5.74, 6) is -0.136. The lowest BCUT2D eigenvalue weighted by molar-refractivity contribution is 0.0930. The lowest BCUT2D eigenvalue weighted by atomic mass is 10.2. The van der Waals surface area contributed by atoms with Gasteiger partial charge >= 0.3 is 0 Å². The summed E-state index contributed by atoms with van der Waals surface area (Å²) in [7, 11) is 0. The van der Waals surface area contributed by atoms with Gasteiger partial charge in [0.2, 0.25) is 0 Å². The molecule has 6 nitrogen and oxygen atoms in total. The van der Waals surface area contributed by atoms with E-state index in [1.807, 2.05) is 6.92 Å². The van der Waals surface area contributed by atoms with Crippen LogP contribution >= 0.6 is 0 Å². The predicted octanol–water partition coefficient (Wildman–Crippen LogP) is 0.699. The van der Waals surface area contributed by atoms with E-state index in [9.17, 15) is 4.79 Å². The van der Waals surface area contributed by atoms with Crippen LogP contribution in [-0.4, -0.2) is 46.3 Å². The van der Waals surface area contributed by atoms with Crippen molar-refractivity contribution in [1.82, 2.24) is 20.0 Å². The Balaban J connectivity index is 1.91. The zero-order valence-electron chi connectivity index (χ0n) is 11.7. The third-order valence-electron chi connectivity index (χ3n) is 3.70. The summed E-state index contributed by atoms with van der Waals surface area (Å²) in [6.45, 7) is 7.63. The molecule has 1 aromatic rings. The summed E-state index contributed by atoms with van der Waals surface area (Å²) in [4.78, 5) is 14.6. The molecular weight excluding hydrogens is 242 g/mol. The third-order valence-corrected chi connectivity index (χ3v) is 3.70. The highest BCUT2D eigenvalue weighted by atomic mass is 16.2. The van der Waals surface area contributed by atoms with Crippen LogP contribution in [0.1, 0.15) is 37.2 Å². The number of carbonyl (C=O) groups is 1. The van der Waals surface area contributed by atoms with Crippen LogP contribution in [0.3, 0.4) is 0 Å². The van der Waals surface area contributed by atoms with E-state index in [2.05, 4.69) is 22.2 Å². The normalized spacial score (nSPS) is 17.6. The largest absolute Gasteiger partial charge is 0.396 e. The van der Waals surface area contributed by atoms with Crippen molar-refractivity contribution in [1.29, 1.82) is 0 Å². The molecule has 1 unspecified atom stereocenters. The van der Waals surface area contributed by atoms with E-state index in [0.29, 0.717) is 30.5 Å². The average Bonchev–Trinajstić information content (AvgIpc) is 3.04. The molecule has 0 aromatic carbocycles. The standard InChI is InChI=1S/C13H23N5O/c1-3-18-12(11(14)9-16-18)13(19)15-8-10(2)17-6-4-5-7-17/h9-10H,3-8,14H2,1-2H3,(H,15,19). The molecule has 1 aliphatic rings. The highest BCUT2D eigenvalue weighted by Gasteiger charge is 2.20. The Morgan fingerprint density at radius 3 is 2.84 bits per heavy atom. The van der Waals surface area contributed by atoms with Crippen molar-refractivity contribution in [2.75, 3.05) is 25.4 Å². The quantitative estimate of drug-likeness (QED) is 0.821. The molecule has 1 atom stereocenters. The number of carbonyl (C=O) groups excluding carboxylic acids is 1. The van der Waals surface area contributed by atoms with Gasteiger partial charge in [-0.3, -0.25) is 14.4 Å². The molecule has 3 N–H and O–H groups in total. The van der Waals surface area contributed by atoms with Crippen molar-refractivity contribution in [2.24, 2.45) is 0 Å². The van der Waals surface area contributed by atoms with Gasteiger partial charge < -0.3 is 11.1 Å². The first-order chi connectivity index (χ1) is 9.13. The van der Waals surface area contributed by atoms with Gasteiger partial charge in [0, 0.05) is 19.1 Å². The Labute approximate surface area is 113 Å². The molecule has 0 bridgehead atoms. The fraction of sp³-hybridized carbons (Fsp3) is 0.692. The maximum Gasteiger partial charge on any atom is 0.271 e. The summed E-state index contributed by atoms with van der Waals surface area (Å²) in [5.41, 5.74) is 6.70. The van der Waals surface area contributed by atoms with Crippen LogP contribution in [0.2, 0.25) is 0 Å². The van der Waals surface area contributed by atoms with E-state index >= 15 is 0 Å². The number of aryl methyl sites for hydroxylation is 1. The van der Waals surface area contributed by atoms with Gasteiger partial charge in [-0.2, -0.15) is 5.10 Å². The second-order valence-corrected chi connectivity index (χ2v) is 5.07. The molecule has 2 heterocycles. The van der Waals surface area contributed by atoms with Crippen molar-refractivity contribution in [3.8, 4) is 0 Å². The number of nitrogens with one attached hydrogen (secondary N) is 1. The predicted molar refractivity (Wildman–Crippen MR) is 74.9 cm³/mol. The van der Waals surface area contributed by atoms with Gasteiger partial charge in [0.25, 0.3) is 5.91 Å². The number of hydrogen-bond acceptors (Lipinski definition) is 4. The lowest BCUT2D eigenvalue weighted by Gasteiger charge is -2.23. The van der Waals surface area contributed by atoms with E-state index in [0.717, 1.165) is 13.1 Å². The Bertz CT molecular complexity index is 436. The Morgan fingerprint density at radius 1 is 1.53 bits per heavy atom. The van der Waals surface area contributed by atoms with Crippen molar-refractivity contribution >= 4 is 11.6 Å². The van der Waals surface area contributed by atoms with Crippen molar-refractivity contribution in [3.05, 3.63) is 11.9 Å². The SMILES string of the molecule is CCn1ncc(N)c1C(=O)NCC(C)N1CCCC1. The Kier molecular flexibility index (Phi) is 4.42. The molecular formula is C13H23N5O. The maximum atomic E-state index is 12.2. The monoisotopic (exact) mass is 265 g/mol. The van der Waals surface area contributed by atoms with Crippen molar-refractivity contribution < 1.29 is 4.79 Å². The minimum absolute atomic E-state index is 0.136. The van der Waals surface area contributed by atoms with E-state index in [1.165, 1.54) is 19.0 Å². The second-order valence-electron chi connectivity index (χ2n) is 5.07. The second kappa shape index (κ2) is 6.06. The smallest absolute Gasteiger partial charge is 0.271 e. The van der Waals surface area contributed by atoms with Gasteiger partial charge in [-0.1, -0.05) is 0 Å². The molecule has 0 spiro atoms. The minimum atomic E-state index is -0.136. The van der Waals surface area contributed by atoms with E-state index < -0.39 is 0 Å². The first-order valence-electron chi connectivity index (χ1n) is 6.97. The van der Waals surface area contributed by atoms with Gasteiger partial charge in [-0.25, -0.2) is 0 Å². The van der Waals surface area contributed by atoms with Gasteiger partial charge in [-0.15, -0.1) is 0 Å². The van der Waals surface area contributed by atoms with E-state index in [-0.39, 0.29) is 5.91 Å². The number of nitrogens with zero attached hydrogens (tertiary/aromatic N) is 3. The van der Waals surface area contributed by atoms with Gasteiger partial charge in [0.1, 0.15) is 5.69 Å². The number of rotatable bonds is 5. The Morgan fingerprint density at radius 2 is 2.21 bits per heavy atom. The highest BCUT2D eigenvalue weighted by Crippen LogP contribution is 2.12. The fourth-order valence-electron chi connectivity index (χ4n) is 2.52. The molecule has 19 heavy (non-hydrogen) atoms. The van der Waals surface area contributed by atoms with E-state index in [4.69, 9.17) is 5.73 Å². The molecule has 2 rings (SSSR count). The van der Waals surface area contributed by atoms with Crippen LogP contribution in [0.5, 0.6) is 0 Å². The summed E-state index contributed by atoms with van der Waals surface area (Å²) in [5, 5.41) is 7.04. The summed E-state index contributed by atoms with van der Waals surface area (Å²) < 4.78 is 1.63. The van der Waals surface area contributed by atoms with Crippen LogP contribution in [0.15, 0.2) is 6.20 Å². The molecule has 106 valence electrons. The molecule has 1 amide bonds. The molecule has 1 fully saturated rings.